The monoisotopic (exact) mass is 217 g/mol. The van der Waals surface area contributed by atoms with Crippen LogP contribution in [0.1, 0.15) is 5.56 Å². The highest BCUT2D eigenvalue weighted by Crippen LogP contribution is 2.13. The molecule has 76 valence electrons. The van der Waals surface area contributed by atoms with E-state index in [0.717, 1.165) is 18.5 Å². The van der Waals surface area contributed by atoms with E-state index in [1.165, 1.54) is 12.1 Å². The van der Waals surface area contributed by atoms with Gasteiger partial charge in [0.25, 0.3) is 0 Å². The molecular weight excluding hydrogens is 209 g/mol. The first-order valence-corrected chi connectivity index (χ1v) is 5.51. The van der Waals surface area contributed by atoms with Crippen LogP contribution in [0.2, 0.25) is 0 Å². The highest BCUT2D eigenvalue weighted by Gasteiger charge is 2.09. The SMILES string of the molecule is CS(=O)(=O)c1ccc(/C=N\O)c(F)c1. The third kappa shape index (κ3) is 2.29. The summed E-state index contributed by atoms with van der Waals surface area (Å²) < 4.78 is 35.1. The molecular formula is C8H8FNO3S. The highest BCUT2D eigenvalue weighted by molar-refractivity contribution is 7.90. The molecule has 0 aromatic heterocycles. The molecule has 1 N–H and O–H groups in total. The van der Waals surface area contributed by atoms with E-state index in [-0.39, 0.29) is 10.5 Å². The van der Waals surface area contributed by atoms with Gasteiger partial charge in [0.05, 0.1) is 11.1 Å². The molecule has 0 bridgehead atoms. The zero-order valence-corrected chi connectivity index (χ0v) is 8.12. The van der Waals surface area contributed by atoms with Gasteiger partial charge in [0, 0.05) is 11.8 Å². The normalized spacial score (nSPS) is 12.1. The molecule has 0 aliphatic carbocycles. The number of oxime groups is 1. The summed E-state index contributed by atoms with van der Waals surface area (Å²) in [6.45, 7) is 0. The third-order valence-corrected chi connectivity index (χ3v) is 2.71. The van der Waals surface area contributed by atoms with Crippen LogP contribution in [0.5, 0.6) is 0 Å². The fraction of sp³-hybridized carbons (Fsp3) is 0.125. The second kappa shape index (κ2) is 3.75. The van der Waals surface area contributed by atoms with E-state index in [4.69, 9.17) is 5.21 Å². The molecule has 1 aromatic carbocycles. The number of sulfone groups is 1. The van der Waals surface area contributed by atoms with E-state index < -0.39 is 15.7 Å². The first-order valence-electron chi connectivity index (χ1n) is 3.62. The van der Waals surface area contributed by atoms with E-state index in [9.17, 15) is 12.8 Å². The maximum atomic E-state index is 13.1. The van der Waals surface area contributed by atoms with Crippen LogP contribution in [0.4, 0.5) is 4.39 Å². The van der Waals surface area contributed by atoms with Crippen molar-refractivity contribution in [2.24, 2.45) is 5.16 Å². The van der Waals surface area contributed by atoms with Gasteiger partial charge in [-0.05, 0) is 18.2 Å². The molecule has 0 unspecified atom stereocenters. The molecule has 4 nitrogen and oxygen atoms in total. The Kier molecular flexibility index (Phi) is 2.85. The lowest BCUT2D eigenvalue weighted by molar-refractivity contribution is 0.321. The first kappa shape index (κ1) is 10.6. The molecule has 0 spiro atoms. The number of benzene rings is 1. The van der Waals surface area contributed by atoms with Gasteiger partial charge in [-0.3, -0.25) is 0 Å². The summed E-state index contributed by atoms with van der Waals surface area (Å²) in [5.41, 5.74) is 0.0277. The fourth-order valence-electron chi connectivity index (χ4n) is 0.905. The molecule has 6 heteroatoms. The lowest BCUT2D eigenvalue weighted by Gasteiger charge is -1.99. The Bertz CT molecular complexity index is 467. The van der Waals surface area contributed by atoms with Crippen LogP contribution >= 0.6 is 0 Å². The Balaban J connectivity index is 3.27. The zero-order chi connectivity index (χ0) is 10.8. The van der Waals surface area contributed by atoms with Crippen LogP contribution in [0.3, 0.4) is 0 Å². The van der Waals surface area contributed by atoms with Gasteiger partial charge in [0.2, 0.25) is 0 Å². The summed E-state index contributed by atoms with van der Waals surface area (Å²) in [5.74, 6) is -0.745. The van der Waals surface area contributed by atoms with Crippen LogP contribution < -0.4 is 0 Å². The summed E-state index contributed by atoms with van der Waals surface area (Å²) in [5, 5.41) is 10.8. The molecule has 0 fully saturated rings. The van der Waals surface area contributed by atoms with E-state index in [1.54, 1.807) is 0 Å². The van der Waals surface area contributed by atoms with Crippen molar-refractivity contribution in [2.45, 2.75) is 4.90 Å². The van der Waals surface area contributed by atoms with Crippen LogP contribution in [0, 0.1) is 5.82 Å². The maximum Gasteiger partial charge on any atom is 0.175 e. The smallest absolute Gasteiger partial charge is 0.175 e. The average molecular weight is 217 g/mol. The molecule has 1 aromatic rings. The van der Waals surface area contributed by atoms with Gasteiger partial charge in [-0.25, -0.2) is 12.8 Å². The number of hydrogen-bond donors (Lipinski definition) is 1. The van der Waals surface area contributed by atoms with Crippen LogP contribution in [-0.4, -0.2) is 26.1 Å². The molecule has 0 atom stereocenters. The Morgan fingerprint density at radius 3 is 2.57 bits per heavy atom. The summed E-state index contributed by atoms with van der Waals surface area (Å²) in [4.78, 5) is -0.106. The second-order valence-corrected chi connectivity index (χ2v) is 4.72. The molecule has 0 saturated carbocycles. The van der Waals surface area contributed by atoms with Crippen molar-refractivity contribution in [1.29, 1.82) is 0 Å². The number of halogens is 1. The molecule has 0 aliphatic rings. The Hall–Kier alpha value is -1.43. The van der Waals surface area contributed by atoms with Crippen molar-refractivity contribution in [3.8, 4) is 0 Å². The highest BCUT2D eigenvalue weighted by atomic mass is 32.2. The lowest BCUT2D eigenvalue weighted by atomic mass is 10.2. The van der Waals surface area contributed by atoms with Crippen molar-refractivity contribution < 1.29 is 18.0 Å². The average Bonchev–Trinajstić information content (AvgIpc) is 2.07. The molecule has 0 saturated heterocycles. The van der Waals surface area contributed by atoms with E-state index >= 15 is 0 Å². The maximum absolute atomic E-state index is 13.1. The van der Waals surface area contributed by atoms with Gasteiger partial charge in [0.15, 0.2) is 9.84 Å². The third-order valence-electron chi connectivity index (χ3n) is 1.60. The molecule has 0 aliphatic heterocycles. The van der Waals surface area contributed by atoms with Gasteiger partial charge < -0.3 is 5.21 Å². The topological polar surface area (TPSA) is 66.7 Å². The lowest BCUT2D eigenvalue weighted by Crippen LogP contribution is -1.99. The minimum atomic E-state index is -3.40. The van der Waals surface area contributed by atoms with Gasteiger partial charge in [-0.15, -0.1) is 0 Å². The van der Waals surface area contributed by atoms with Crippen molar-refractivity contribution in [2.75, 3.05) is 6.26 Å². The van der Waals surface area contributed by atoms with E-state index in [0.29, 0.717) is 0 Å². The van der Waals surface area contributed by atoms with E-state index in [2.05, 4.69) is 5.16 Å². The summed E-state index contributed by atoms with van der Waals surface area (Å²) >= 11 is 0. The predicted molar refractivity (Wildman–Crippen MR) is 48.9 cm³/mol. The van der Waals surface area contributed by atoms with Gasteiger partial charge >= 0.3 is 0 Å². The van der Waals surface area contributed by atoms with Crippen LogP contribution in [0.25, 0.3) is 0 Å². The molecule has 14 heavy (non-hydrogen) atoms. The molecule has 0 heterocycles. The number of rotatable bonds is 2. The zero-order valence-electron chi connectivity index (χ0n) is 7.31. The molecule has 0 radical (unpaired) electrons. The minimum absolute atomic E-state index is 0.0277. The first-order chi connectivity index (χ1) is 6.45. The minimum Gasteiger partial charge on any atom is -0.411 e. The van der Waals surface area contributed by atoms with Crippen molar-refractivity contribution in [3.05, 3.63) is 29.6 Å². The Morgan fingerprint density at radius 1 is 1.50 bits per heavy atom. The largest absolute Gasteiger partial charge is 0.411 e. The number of hydrogen-bond acceptors (Lipinski definition) is 4. The predicted octanol–water partition coefficient (Wildman–Crippen LogP) is 1.04. The quantitative estimate of drug-likeness (QED) is 0.457. The Morgan fingerprint density at radius 2 is 2.14 bits per heavy atom. The summed E-state index contributed by atoms with van der Waals surface area (Å²) in [7, 11) is -3.40. The van der Waals surface area contributed by atoms with Gasteiger partial charge in [0.1, 0.15) is 5.82 Å². The van der Waals surface area contributed by atoms with Gasteiger partial charge in [-0.2, -0.15) is 0 Å². The van der Waals surface area contributed by atoms with Crippen molar-refractivity contribution >= 4 is 16.1 Å². The standard InChI is InChI=1S/C8H8FNO3S/c1-14(12,13)7-3-2-6(5-10-11)8(9)4-7/h2-5,11H,1H3/b10-5-. The van der Waals surface area contributed by atoms with Crippen molar-refractivity contribution in [1.82, 2.24) is 0 Å². The van der Waals surface area contributed by atoms with Gasteiger partial charge in [-0.1, -0.05) is 5.16 Å². The summed E-state index contributed by atoms with van der Waals surface area (Å²) in [6, 6.07) is 3.35. The second-order valence-electron chi connectivity index (χ2n) is 2.70. The van der Waals surface area contributed by atoms with Crippen LogP contribution in [-0.2, 0) is 9.84 Å². The van der Waals surface area contributed by atoms with Crippen LogP contribution in [0.15, 0.2) is 28.3 Å². The molecule has 1 rings (SSSR count). The summed E-state index contributed by atoms with van der Waals surface area (Å²) in [6.07, 6.45) is 1.88. The Labute approximate surface area is 80.6 Å². The van der Waals surface area contributed by atoms with E-state index in [1.807, 2.05) is 0 Å². The number of nitrogens with zero attached hydrogens (tertiary/aromatic N) is 1. The molecule has 0 amide bonds. The fourth-order valence-corrected chi connectivity index (χ4v) is 1.54. The van der Waals surface area contributed by atoms with Crippen molar-refractivity contribution in [3.63, 3.8) is 0 Å².